The number of halogens is 1. The van der Waals surface area contributed by atoms with Crippen molar-refractivity contribution in [3.05, 3.63) is 63.6 Å². The number of hydrogen-bond donors (Lipinski definition) is 1. The summed E-state index contributed by atoms with van der Waals surface area (Å²) >= 11 is 3.41. The van der Waals surface area contributed by atoms with Gasteiger partial charge < -0.3 is 14.8 Å². The first-order chi connectivity index (χ1) is 11.5. The highest BCUT2D eigenvalue weighted by Gasteiger charge is 2.12. The van der Waals surface area contributed by atoms with Gasteiger partial charge in [0.2, 0.25) is 0 Å². The molecule has 0 saturated carbocycles. The maximum absolute atomic E-state index is 12.5. The zero-order valence-electron chi connectivity index (χ0n) is 14.1. The van der Waals surface area contributed by atoms with Crippen molar-refractivity contribution in [1.82, 2.24) is 5.32 Å². The Labute approximate surface area is 151 Å². The van der Waals surface area contributed by atoms with E-state index in [4.69, 9.17) is 9.47 Å². The molecule has 0 aliphatic heterocycles. The summed E-state index contributed by atoms with van der Waals surface area (Å²) in [5.41, 5.74) is 2.67. The highest BCUT2D eigenvalue weighted by Crippen LogP contribution is 2.22. The summed E-state index contributed by atoms with van der Waals surface area (Å²) in [4.78, 5) is 12.5. The summed E-state index contributed by atoms with van der Waals surface area (Å²) in [5, 5.41) is 2.96. The Hall–Kier alpha value is -1.85. The average Bonchev–Trinajstić information content (AvgIpc) is 2.59. The molecule has 2 rings (SSSR count). The molecule has 0 bridgehead atoms. The second kappa shape index (κ2) is 8.85. The van der Waals surface area contributed by atoms with E-state index in [9.17, 15) is 4.79 Å². The van der Waals surface area contributed by atoms with Crippen LogP contribution in [0.5, 0.6) is 5.75 Å². The Balaban J connectivity index is 2.07. The molecular weight excluding hydrogens is 370 g/mol. The van der Waals surface area contributed by atoms with Crippen LogP contribution in [0.1, 0.15) is 35.3 Å². The third-order valence-corrected chi connectivity index (χ3v) is 4.24. The van der Waals surface area contributed by atoms with Gasteiger partial charge in [0, 0.05) is 11.0 Å². The van der Waals surface area contributed by atoms with E-state index in [1.807, 2.05) is 38.1 Å². The fraction of sp³-hybridized carbons (Fsp3) is 0.316. The molecule has 0 heterocycles. The van der Waals surface area contributed by atoms with Crippen molar-refractivity contribution in [2.75, 3.05) is 7.11 Å². The maximum Gasteiger partial charge on any atom is 0.252 e. The van der Waals surface area contributed by atoms with E-state index < -0.39 is 0 Å². The molecule has 0 aliphatic rings. The molecule has 2 aromatic rings. The molecule has 0 saturated heterocycles. The number of methoxy groups -OCH3 is 1. The molecule has 5 heteroatoms. The molecule has 0 radical (unpaired) electrons. The van der Waals surface area contributed by atoms with E-state index in [0.717, 1.165) is 15.6 Å². The zero-order valence-corrected chi connectivity index (χ0v) is 15.7. The third kappa shape index (κ3) is 5.08. The summed E-state index contributed by atoms with van der Waals surface area (Å²) in [5.74, 6) is 0.495. The van der Waals surface area contributed by atoms with Gasteiger partial charge in [-0.1, -0.05) is 24.3 Å². The number of rotatable bonds is 7. The molecule has 1 N–H and O–H groups in total. The van der Waals surface area contributed by atoms with Crippen LogP contribution >= 0.6 is 15.9 Å². The predicted octanol–water partition coefficient (Wildman–Crippen LogP) is 4.31. The summed E-state index contributed by atoms with van der Waals surface area (Å²) in [6, 6.07) is 13.3. The van der Waals surface area contributed by atoms with Crippen molar-refractivity contribution in [2.45, 2.75) is 33.1 Å². The summed E-state index contributed by atoms with van der Waals surface area (Å²) in [6.07, 6.45) is 0.167. The molecule has 0 atom stereocenters. The van der Waals surface area contributed by atoms with Crippen molar-refractivity contribution >= 4 is 21.8 Å². The summed E-state index contributed by atoms with van der Waals surface area (Å²) in [6.45, 7) is 4.99. The lowest BCUT2D eigenvalue weighted by molar-refractivity contribution is 0.0651. The number of hydrogen-bond acceptors (Lipinski definition) is 3. The molecular formula is C19H22BrNO3. The number of benzene rings is 2. The van der Waals surface area contributed by atoms with Crippen molar-refractivity contribution in [3.63, 3.8) is 0 Å². The monoisotopic (exact) mass is 391 g/mol. The van der Waals surface area contributed by atoms with Crippen molar-refractivity contribution in [2.24, 2.45) is 0 Å². The Morgan fingerprint density at radius 3 is 2.54 bits per heavy atom. The molecule has 0 unspecified atom stereocenters. The van der Waals surface area contributed by atoms with E-state index >= 15 is 0 Å². The van der Waals surface area contributed by atoms with Gasteiger partial charge in [0.15, 0.2) is 0 Å². The first-order valence-electron chi connectivity index (χ1n) is 7.81. The molecule has 1 amide bonds. The molecule has 24 heavy (non-hydrogen) atoms. The van der Waals surface area contributed by atoms with Crippen LogP contribution in [0.15, 0.2) is 46.9 Å². The topological polar surface area (TPSA) is 47.6 Å². The second-order valence-corrected chi connectivity index (χ2v) is 6.51. The van der Waals surface area contributed by atoms with Crippen LogP contribution in [-0.2, 0) is 17.9 Å². The molecule has 0 fully saturated rings. The van der Waals surface area contributed by atoms with Crippen LogP contribution in [0, 0.1) is 0 Å². The van der Waals surface area contributed by atoms with Crippen molar-refractivity contribution < 1.29 is 14.3 Å². The van der Waals surface area contributed by atoms with E-state index in [1.54, 1.807) is 25.3 Å². The quantitative estimate of drug-likeness (QED) is 0.764. The lowest BCUT2D eigenvalue weighted by atomic mass is 10.1. The number of nitrogens with one attached hydrogen (secondary N) is 1. The van der Waals surface area contributed by atoms with Gasteiger partial charge in [0.1, 0.15) is 5.75 Å². The lowest BCUT2D eigenvalue weighted by Crippen LogP contribution is -2.24. The van der Waals surface area contributed by atoms with Gasteiger partial charge in [0.25, 0.3) is 5.91 Å². The van der Waals surface area contributed by atoms with E-state index in [0.29, 0.717) is 24.5 Å². The van der Waals surface area contributed by atoms with Gasteiger partial charge in [-0.3, -0.25) is 4.79 Å². The van der Waals surface area contributed by atoms with Gasteiger partial charge in [-0.05, 0) is 59.1 Å². The largest absolute Gasteiger partial charge is 0.497 e. The molecule has 4 nitrogen and oxygen atoms in total. The first-order valence-corrected chi connectivity index (χ1v) is 8.60. The van der Waals surface area contributed by atoms with Gasteiger partial charge in [-0.2, -0.15) is 0 Å². The number of ether oxygens (including phenoxy) is 2. The first kappa shape index (κ1) is 18.5. The Morgan fingerprint density at radius 1 is 1.17 bits per heavy atom. The van der Waals surface area contributed by atoms with Gasteiger partial charge in [-0.15, -0.1) is 0 Å². The lowest BCUT2D eigenvalue weighted by Gasteiger charge is -2.13. The highest BCUT2D eigenvalue weighted by atomic mass is 79.9. The minimum atomic E-state index is -0.152. The number of carbonyl (C=O) groups excluding carboxylic acids is 1. The second-order valence-electron chi connectivity index (χ2n) is 5.66. The summed E-state index contributed by atoms with van der Waals surface area (Å²) in [7, 11) is 1.58. The van der Waals surface area contributed by atoms with E-state index in [2.05, 4.69) is 21.2 Å². The maximum atomic E-state index is 12.5. The van der Waals surface area contributed by atoms with Crippen LogP contribution in [0.3, 0.4) is 0 Å². The fourth-order valence-corrected chi connectivity index (χ4v) is 2.63. The van der Waals surface area contributed by atoms with Crippen LogP contribution in [0.4, 0.5) is 0 Å². The minimum absolute atomic E-state index is 0.152. The SMILES string of the molecule is COc1ccc(Br)c(C(=O)NCc2ccccc2COC(C)C)c1. The van der Waals surface area contributed by atoms with E-state index in [1.165, 1.54) is 0 Å². The Morgan fingerprint density at radius 2 is 1.88 bits per heavy atom. The standard InChI is InChI=1S/C19H22BrNO3/c1-13(2)24-12-15-7-5-4-6-14(15)11-21-19(22)17-10-16(23-3)8-9-18(17)20/h4-10,13H,11-12H2,1-3H3,(H,21,22). The third-order valence-electron chi connectivity index (χ3n) is 3.55. The normalized spacial score (nSPS) is 10.7. The zero-order chi connectivity index (χ0) is 17.5. The predicted molar refractivity (Wildman–Crippen MR) is 98.2 cm³/mol. The van der Waals surface area contributed by atoms with E-state index in [-0.39, 0.29) is 12.0 Å². The molecule has 0 aromatic heterocycles. The molecule has 0 spiro atoms. The van der Waals surface area contributed by atoms with Crippen LogP contribution < -0.4 is 10.1 Å². The number of amides is 1. The Bertz CT molecular complexity index is 701. The molecule has 128 valence electrons. The van der Waals surface area contributed by atoms with Gasteiger partial charge in [0.05, 0.1) is 25.4 Å². The van der Waals surface area contributed by atoms with Crippen LogP contribution in [-0.4, -0.2) is 19.1 Å². The molecule has 2 aromatic carbocycles. The van der Waals surface area contributed by atoms with Crippen LogP contribution in [0.2, 0.25) is 0 Å². The highest BCUT2D eigenvalue weighted by molar-refractivity contribution is 9.10. The van der Waals surface area contributed by atoms with Gasteiger partial charge >= 0.3 is 0 Å². The fourth-order valence-electron chi connectivity index (χ4n) is 2.20. The van der Waals surface area contributed by atoms with Crippen molar-refractivity contribution in [3.8, 4) is 5.75 Å². The Kier molecular flexibility index (Phi) is 6.82. The van der Waals surface area contributed by atoms with Crippen LogP contribution in [0.25, 0.3) is 0 Å². The van der Waals surface area contributed by atoms with Gasteiger partial charge in [-0.25, -0.2) is 0 Å². The average molecular weight is 392 g/mol. The summed E-state index contributed by atoms with van der Waals surface area (Å²) < 4.78 is 11.6. The molecule has 0 aliphatic carbocycles. The smallest absolute Gasteiger partial charge is 0.252 e. The minimum Gasteiger partial charge on any atom is -0.497 e. The number of carbonyl (C=O) groups is 1. The van der Waals surface area contributed by atoms with Crippen molar-refractivity contribution in [1.29, 1.82) is 0 Å².